The van der Waals surface area contributed by atoms with Crippen LogP contribution in [-0.4, -0.2) is 36.7 Å². The first-order valence-corrected chi connectivity index (χ1v) is 11.3. The molecule has 150 valence electrons. The number of fused-ring (bicyclic) bond motifs is 1. The minimum atomic E-state index is -0.463. The van der Waals surface area contributed by atoms with Crippen molar-refractivity contribution in [3.8, 4) is 17.2 Å². The summed E-state index contributed by atoms with van der Waals surface area (Å²) < 4.78 is 16.8. The number of carbonyl (C=O) groups excluding carboxylic acids is 1. The van der Waals surface area contributed by atoms with E-state index in [0.29, 0.717) is 33.1 Å². The van der Waals surface area contributed by atoms with Crippen LogP contribution in [0.3, 0.4) is 0 Å². The van der Waals surface area contributed by atoms with Gasteiger partial charge in [0.15, 0.2) is 11.5 Å². The van der Waals surface area contributed by atoms with Crippen LogP contribution in [0.2, 0.25) is 0 Å². The standard InChI is InChI=1S/C22H21NO4S2/c1-13-17(11-15-10-16(25-2)5-6-18(15)23-13)21(24)27-19-7-4-14(12-20(19)26-3)22-28-8-9-29-22/h4-7,10-12,22H,8-9H2,1-3H3. The van der Waals surface area contributed by atoms with Crippen LogP contribution in [0.4, 0.5) is 0 Å². The molecule has 5 nitrogen and oxygen atoms in total. The fourth-order valence-electron chi connectivity index (χ4n) is 3.21. The SMILES string of the molecule is COc1ccc2nc(C)c(C(=O)Oc3ccc(C4SCCS4)cc3OC)cc2c1. The van der Waals surface area contributed by atoms with E-state index in [1.54, 1.807) is 33.3 Å². The highest BCUT2D eigenvalue weighted by Crippen LogP contribution is 2.47. The number of hydrogen-bond acceptors (Lipinski definition) is 7. The third kappa shape index (κ3) is 4.16. The van der Waals surface area contributed by atoms with Crippen molar-refractivity contribution in [3.05, 3.63) is 59.3 Å². The van der Waals surface area contributed by atoms with Crippen molar-refractivity contribution in [2.75, 3.05) is 25.7 Å². The molecule has 0 radical (unpaired) electrons. The number of aryl methyl sites for hydroxylation is 1. The van der Waals surface area contributed by atoms with Crippen molar-refractivity contribution < 1.29 is 19.0 Å². The Morgan fingerprint density at radius 1 is 1.00 bits per heavy atom. The van der Waals surface area contributed by atoms with Crippen molar-refractivity contribution in [1.82, 2.24) is 4.98 Å². The summed E-state index contributed by atoms with van der Waals surface area (Å²) in [5, 5.41) is 0.819. The largest absolute Gasteiger partial charge is 0.497 e. The molecule has 0 aliphatic carbocycles. The Kier molecular flexibility index (Phi) is 5.87. The summed E-state index contributed by atoms with van der Waals surface area (Å²) in [7, 11) is 3.19. The van der Waals surface area contributed by atoms with Crippen LogP contribution in [0, 0.1) is 6.92 Å². The third-order valence-electron chi connectivity index (χ3n) is 4.72. The summed E-state index contributed by atoms with van der Waals surface area (Å²) in [6, 6.07) is 13.1. The first kappa shape index (κ1) is 19.9. The number of pyridine rings is 1. The van der Waals surface area contributed by atoms with Crippen molar-refractivity contribution in [3.63, 3.8) is 0 Å². The van der Waals surface area contributed by atoms with Gasteiger partial charge in [0.1, 0.15) is 5.75 Å². The molecular formula is C22H21NO4S2. The van der Waals surface area contributed by atoms with E-state index in [9.17, 15) is 4.79 Å². The number of nitrogens with zero attached hydrogens (tertiary/aromatic N) is 1. The van der Waals surface area contributed by atoms with Crippen molar-refractivity contribution in [1.29, 1.82) is 0 Å². The molecule has 0 unspecified atom stereocenters. The summed E-state index contributed by atoms with van der Waals surface area (Å²) >= 11 is 3.84. The summed E-state index contributed by atoms with van der Waals surface area (Å²) in [4.78, 5) is 17.4. The van der Waals surface area contributed by atoms with E-state index in [-0.39, 0.29) is 0 Å². The Morgan fingerprint density at radius 3 is 2.52 bits per heavy atom. The number of rotatable bonds is 5. The highest BCUT2D eigenvalue weighted by atomic mass is 32.2. The van der Waals surface area contributed by atoms with Gasteiger partial charge in [-0.05, 0) is 48.9 Å². The highest BCUT2D eigenvalue weighted by Gasteiger charge is 2.21. The first-order valence-electron chi connectivity index (χ1n) is 9.18. The number of hydrogen-bond donors (Lipinski definition) is 0. The zero-order valence-corrected chi connectivity index (χ0v) is 18.1. The average Bonchev–Trinajstić information content (AvgIpc) is 3.28. The maximum atomic E-state index is 12.9. The van der Waals surface area contributed by atoms with E-state index in [2.05, 4.69) is 4.98 Å². The quantitative estimate of drug-likeness (QED) is 0.407. The number of carbonyl (C=O) groups is 1. The second-order valence-corrected chi connectivity index (χ2v) is 9.28. The summed E-state index contributed by atoms with van der Waals surface area (Å²) in [6.45, 7) is 1.80. The Balaban J connectivity index is 1.62. The lowest BCUT2D eigenvalue weighted by Crippen LogP contribution is -2.12. The maximum absolute atomic E-state index is 12.9. The maximum Gasteiger partial charge on any atom is 0.345 e. The normalized spacial score (nSPS) is 14.2. The van der Waals surface area contributed by atoms with Gasteiger partial charge in [-0.15, -0.1) is 23.5 Å². The second kappa shape index (κ2) is 8.55. The molecule has 0 saturated carbocycles. The fraction of sp³-hybridized carbons (Fsp3) is 0.273. The minimum Gasteiger partial charge on any atom is -0.497 e. The van der Waals surface area contributed by atoms with Gasteiger partial charge in [-0.25, -0.2) is 4.79 Å². The van der Waals surface area contributed by atoms with E-state index in [4.69, 9.17) is 14.2 Å². The number of aromatic nitrogens is 1. The number of esters is 1. The fourth-order valence-corrected chi connectivity index (χ4v) is 6.04. The lowest BCUT2D eigenvalue weighted by Gasteiger charge is -2.14. The third-order valence-corrected chi connectivity index (χ3v) is 7.82. The van der Waals surface area contributed by atoms with E-state index in [1.807, 2.05) is 53.9 Å². The predicted octanol–water partition coefficient (Wildman–Crippen LogP) is 5.26. The Hall–Kier alpha value is -2.38. The van der Waals surface area contributed by atoms with Crippen molar-refractivity contribution in [2.45, 2.75) is 11.5 Å². The molecule has 2 aromatic carbocycles. The van der Waals surface area contributed by atoms with Gasteiger partial charge in [0, 0.05) is 16.9 Å². The average molecular weight is 428 g/mol. The van der Waals surface area contributed by atoms with Crippen molar-refractivity contribution >= 4 is 40.4 Å². The molecule has 2 heterocycles. The number of thioether (sulfide) groups is 2. The van der Waals surface area contributed by atoms with Gasteiger partial charge in [0.2, 0.25) is 0 Å². The van der Waals surface area contributed by atoms with E-state index < -0.39 is 5.97 Å². The Bertz CT molecular complexity index is 1060. The highest BCUT2D eigenvalue weighted by molar-refractivity contribution is 8.19. The Labute approximate surface area is 178 Å². The van der Waals surface area contributed by atoms with Gasteiger partial charge >= 0.3 is 5.97 Å². The summed E-state index contributed by atoms with van der Waals surface area (Å²) in [6.07, 6.45) is 0. The molecule has 1 fully saturated rings. The van der Waals surface area contributed by atoms with Crippen LogP contribution in [0.1, 0.15) is 26.2 Å². The van der Waals surface area contributed by atoms with Gasteiger partial charge in [0.25, 0.3) is 0 Å². The molecule has 7 heteroatoms. The number of methoxy groups -OCH3 is 2. The lowest BCUT2D eigenvalue weighted by atomic mass is 10.1. The molecule has 0 N–H and O–H groups in total. The molecule has 3 aromatic rings. The van der Waals surface area contributed by atoms with Crippen LogP contribution in [0.25, 0.3) is 10.9 Å². The number of benzene rings is 2. The van der Waals surface area contributed by atoms with E-state index in [0.717, 1.165) is 22.4 Å². The lowest BCUT2D eigenvalue weighted by molar-refractivity contribution is 0.0728. The Morgan fingerprint density at radius 2 is 1.79 bits per heavy atom. The topological polar surface area (TPSA) is 57.7 Å². The minimum absolute atomic E-state index is 0.399. The van der Waals surface area contributed by atoms with Gasteiger partial charge in [-0.1, -0.05) is 6.07 Å². The van der Waals surface area contributed by atoms with Crippen molar-refractivity contribution in [2.24, 2.45) is 0 Å². The van der Waals surface area contributed by atoms with Gasteiger partial charge in [0.05, 0.1) is 35.6 Å². The molecular weight excluding hydrogens is 406 g/mol. The molecule has 1 aliphatic rings. The van der Waals surface area contributed by atoms with Gasteiger partial charge in [-0.3, -0.25) is 4.98 Å². The molecule has 4 rings (SSSR count). The predicted molar refractivity (Wildman–Crippen MR) is 119 cm³/mol. The van der Waals surface area contributed by atoms with Crippen LogP contribution in [0.5, 0.6) is 17.2 Å². The van der Waals surface area contributed by atoms with Crippen LogP contribution < -0.4 is 14.2 Å². The summed E-state index contributed by atoms with van der Waals surface area (Å²) in [5.74, 6) is 3.50. The molecule has 29 heavy (non-hydrogen) atoms. The van der Waals surface area contributed by atoms with E-state index in [1.165, 1.54) is 5.56 Å². The van der Waals surface area contributed by atoms with Gasteiger partial charge < -0.3 is 14.2 Å². The first-order chi connectivity index (χ1) is 14.1. The summed E-state index contributed by atoms with van der Waals surface area (Å²) in [5.41, 5.74) is 3.00. The molecule has 1 aromatic heterocycles. The zero-order valence-electron chi connectivity index (χ0n) is 16.4. The molecule has 0 bridgehead atoms. The van der Waals surface area contributed by atoms with Crippen LogP contribution >= 0.6 is 23.5 Å². The van der Waals surface area contributed by atoms with Crippen LogP contribution in [-0.2, 0) is 0 Å². The smallest absolute Gasteiger partial charge is 0.345 e. The zero-order chi connectivity index (χ0) is 20.4. The number of ether oxygens (including phenoxy) is 3. The molecule has 0 atom stereocenters. The van der Waals surface area contributed by atoms with Gasteiger partial charge in [-0.2, -0.15) is 0 Å². The molecule has 0 spiro atoms. The monoisotopic (exact) mass is 427 g/mol. The molecule has 1 saturated heterocycles. The second-order valence-electron chi connectivity index (χ2n) is 6.55. The van der Waals surface area contributed by atoms with E-state index >= 15 is 0 Å². The molecule has 1 aliphatic heterocycles. The molecule has 0 amide bonds. The van der Waals surface area contributed by atoms with Crippen LogP contribution in [0.15, 0.2) is 42.5 Å².